The van der Waals surface area contributed by atoms with Crippen molar-refractivity contribution in [2.75, 3.05) is 12.8 Å². The number of ketones is 1. The molecule has 142 valence electrons. The number of benzene rings is 1. The molecule has 1 amide bonds. The second-order valence-corrected chi connectivity index (χ2v) is 8.43. The number of ether oxygens (including phenoxy) is 1. The van der Waals surface area contributed by atoms with Gasteiger partial charge in [-0.3, -0.25) is 4.79 Å². The number of Topliss-reactive ketones (excluding diaryl/α,β-unsaturated/α-hetero) is 1. The fourth-order valence-electron chi connectivity index (χ4n) is 2.69. The van der Waals surface area contributed by atoms with Gasteiger partial charge in [-0.25, -0.2) is 4.79 Å². The summed E-state index contributed by atoms with van der Waals surface area (Å²) in [6.45, 7) is 10.2. The van der Waals surface area contributed by atoms with Gasteiger partial charge in [0.05, 0.1) is 5.69 Å². The van der Waals surface area contributed by atoms with Gasteiger partial charge in [0.25, 0.3) is 0 Å². The van der Waals surface area contributed by atoms with Crippen LogP contribution in [0.5, 0.6) is 0 Å². The number of hydrogen-bond acceptors (Lipinski definition) is 4. The third kappa shape index (κ3) is 5.04. The van der Waals surface area contributed by atoms with Crippen molar-refractivity contribution in [3.8, 4) is 0 Å². The molecule has 0 saturated carbocycles. The molecule has 0 spiro atoms. The molecule has 0 aliphatic rings. The normalized spacial score (nSPS) is 11.8. The molecular weight excluding hydrogens is 348 g/mol. The average molecular weight is 377 g/mol. The summed E-state index contributed by atoms with van der Waals surface area (Å²) >= 11 is 1.66. The Morgan fingerprint density at radius 1 is 1.23 bits per heavy atom. The fourth-order valence-corrected chi connectivity index (χ4v) is 3.12. The van der Waals surface area contributed by atoms with Crippen LogP contribution in [0.2, 0.25) is 0 Å². The molecule has 0 unspecified atom stereocenters. The highest BCUT2D eigenvalue weighted by molar-refractivity contribution is 7.98. The standard InChI is InChI=1S/C20H28N2O3S/c1-13(2)18(23)17-11-14-7-8-15(26-6)12-16(14)22(17)10-9-21-19(24)25-20(3,4)5/h7-8,11-13H,9-10H2,1-6H3,(H,21,24). The van der Waals surface area contributed by atoms with Gasteiger partial charge in [0.2, 0.25) is 0 Å². The van der Waals surface area contributed by atoms with Crippen molar-refractivity contribution in [1.29, 1.82) is 0 Å². The SMILES string of the molecule is CSc1ccc2cc(C(=O)C(C)C)n(CCNC(=O)OC(C)(C)C)c2c1. The zero-order chi connectivity index (χ0) is 19.5. The summed E-state index contributed by atoms with van der Waals surface area (Å²) in [6, 6.07) is 8.12. The topological polar surface area (TPSA) is 60.3 Å². The highest BCUT2D eigenvalue weighted by Gasteiger charge is 2.19. The number of thioether (sulfide) groups is 1. The van der Waals surface area contributed by atoms with Gasteiger partial charge in [0, 0.05) is 34.8 Å². The lowest BCUT2D eigenvalue weighted by Crippen LogP contribution is -2.34. The van der Waals surface area contributed by atoms with Crippen molar-refractivity contribution in [1.82, 2.24) is 9.88 Å². The highest BCUT2D eigenvalue weighted by atomic mass is 32.2. The van der Waals surface area contributed by atoms with Gasteiger partial charge < -0.3 is 14.6 Å². The van der Waals surface area contributed by atoms with E-state index in [-0.39, 0.29) is 11.7 Å². The molecule has 1 aromatic heterocycles. The average Bonchev–Trinajstić information content (AvgIpc) is 2.90. The summed E-state index contributed by atoms with van der Waals surface area (Å²) in [5.41, 5.74) is 1.15. The molecule has 5 nitrogen and oxygen atoms in total. The summed E-state index contributed by atoms with van der Waals surface area (Å²) in [5, 5.41) is 3.80. The Morgan fingerprint density at radius 2 is 1.92 bits per heavy atom. The van der Waals surface area contributed by atoms with Crippen molar-refractivity contribution in [2.45, 2.75) is 51.7 Å². The van der Waals surface area contributed by atoms with Gasteiger partial charge in [-0.2, -0.15) is 0 Å². The number of carbonyl (C=O) groups is 2. The van der Waals surface area contributed by atoms with E-state index >= 15 is 0 Å². The summed E-state index contributed by atoms with van der Waals surface area (Å²) in [7, 11) is 0. The van der Waals surface area contributed by atoms with Crippen LogP contribution in [0.25, 0.3) is 10.9 Å². The minimum Gasteiger partial charge on any atom is -0.444 e. The number of alkyl carbamates (subject to hydrolysis) is 1. The van der Waals surface area contributed by atoms with E-state index in [1.54, 1.807) is 11.8 Å². The minimum absolute atomic E-state index is 0.0862. The van der Waals surface area contributed by atoms with Crippen LogP contribution >= 0.6 is 11.8 Å². The van der Waals surface area contributed by atoms with Crippen LogP contribution in [0, 0.1) is 5.92 Å². The number of nitrogens with one attached hydrogen (secondary N) is 1. The smallest absolute Gasteiger partial charge is 0.407 e. The Kier molecular flexibility index (Phi) is 6.39. The first-order valence-electron chi connectivity index (χ1n) is 8.80. The molecule has 6 heteroatoms. The van der Waals surface area contributed by atoms with Gasteiger partial charge in [0.15, 0.2) is 5.78 Å². The van der Waals surface area contributed by atoms with Crippen LogP contribution < -0.4 is 5.32 Å². The Bertz CT molecular complexity index is 803. The summed E-state index contributed by atoms with van der Waals surface area (Å²) in [6.07, 6.45) is 1.58. The lowest BCUT2D eigenvalue weighted by atomic mass is 10.1. The van der Waals surface area contributed by atoms with E-state index in [0.717, 1.165) is 15.8 Å². The third-order valence-corrected chi connectivity index (χ3v) is 4.62. The maximum absolute atomic E-state index is 12.6. The molecule has 0 bridgehead atoms. The molecule has 2 aromatic rings. The number of fused-ring (bicyclic) bond motifs is 1. The number of hydrogen-bond donors (Lipinski definition) is 1. The van der Waals surface area contributed by atoms with Crippen molar-refractivity contribution in [2.24, 2.45) is 5.92 Å². The van der Waals surface area contributed by atoms with Crippen LogP contribution in [-0.2, 0) is 11.3 Å². The molecule has 1 aromatic carbocycles. The van der Waals surface area contributed by atoms with Crippen molar-refractivity contribution < 1.29 is 14.3 Å². The summed E-state index contributed by atoms with van der Waals surface area (Å²) in [4.78, 5) is 25.6. The van der Waals surface area contributed by atoms with Gasteiger partial charge in [-0.05, 0) is 45.2 Å². The molecule has 0 radical (unpaired) electrons. The Hall–Kier alpha value is -1.95. The minimum atomic E-state index is -0.531. The largest absolute Gasteiger partial charge is 0.444 e. The van der Waals surface area contributed by atoms with E-state index in [9.17, 15) is 9.59 Å². The molecular formula is C20H28N2O3S. The van der Waals surface area contributed by atoms with Crippen LogP contribution in [0.15, 0.2) is 29.2 Å². The van der Waals surface area contributed by atoms with E-state index in [1.807, 2.05) is 57.6 Å². The first kappa shape index (κ1) is 20.4. The van der Waals surface area contributed by atoms with E-state index in [0.29, 0.717) is 18.8 Å². The zero-order valence-electron chi connectivity index (χ0n) is 16.4. The lowest BCUT2D eigenvalue weighted by Gasteiger charge is -2.20. The summed E-state index contributed by atoms with van der Waals surface area (Å²) in [5.74, 6) is 0.0149. The molecule has 2 rings (SSSR count). The monoisotopic (exact) mass is 376 g/mol. The summed E-state index contributed by atoms with van der Waals surface area (Å²) < 4.78 is 7.26. The predicted molar refractivity (Wildman–Crippen MR) is 107 cm³/mol. The third-order valence-electron chi connectivity index (χ3n) is 3.89. The Labute approximate surface area is 159 Å². The number of aromatic nitrogens is 1. The first-order chi connectivity index (χ1) is 12.1. The Balaban J connectivity index is 2.26. The second kappa shape index (κ2) is 8.16. The van der Waals surface area contributed by atoms with Gasteiger partial charge in [-0.1, -0.05) is 19.9 Å². The Morgan fingerprint density at radius 3 is 2.50 bits per heavy atom. The molecule has 1 heterocycles. The van der Waals surface area contributed by atoms with Gasteiger partial charge in [-0.15, -0.1) is 11.8 Å². The van der Waals surface area contributed by atoms with Crippen molar-refractivity contribution in [3.05, 3.63) is 30.0 Å². The second-order valence-electron chi connectivity index (χ2n) is 7.55. The molecule has 0 aliphatic carbocycles. The number of rotatable bonds is 6. The maximum Gasteiger partial charge on any atom is 0.407 e. The van der Waals surface area contributed by atoms with Crippen LogP contribution in [0.4, 0.5) is 4.79 Å². The molecule has 0 fully saturated rings. The van der Waals surface area contributed by atoms with Crippen LogP contribution in [-0.4, -0.2) is 34.8 Å². The van der Waals surface area contributed by atoms with E-state index in [2.05, 4.69) is 17.4 Å². The van der Waals surface area contributed by atoms with Crippen LogP contribution in [0.3, 0.4) is 0 Å². The van der Waals surface area contributed by atoms with Crippen molar-refractivity contribution >= 4 is 34.5 Å². The van der Waals surface area contributed by atoms with Gasteiger partial charge >= 0.3 is 6.09 Å². The van der Waals surface area contributed by atoms with E-state index < -0.39 is 11.7 Å². The first-order valence-corrected chi connectivity index (χ1v) is 10.0. The fraction of sp³-hybridized carbons (Fsp3) is 0.500. The van der Waals surface area contributed by atoms with E-state index in [4.69, 9.17) is 4.74 Å². The molecule has 0 aliphatic heterocycles. The van der Waals surface area contributed by atoms with Crippen molar-refractivity contribution in [3.63, 3.8) is 0 Å². The maximum atomic E-state index is 12.6. The molecule has 26 heavy (non-hydrogen) atoms. The molecule has 0 atom stereocenters. The van der Waals surface area contributed by atoms with E-state index in [1.165, 1.54) is 0 Å². The molecule has 0 saturated heterocycles. The number of amides is 1. The zero-order valence-corrected chi connectivity index (χ0v) is 17.2. The number of nitrogens with zero attached hydrogens (tertiary/aromatic N) is 1. The lowest BCUT2D eigenvalue weighted by molar-refractivity contribution is 0.0526. The number of carbonyl (C=O) groups excluding carboxylic acids is 2. The van der Waals surface area contributed by atoms with Crippen LogP contribution in [0.1, 0.15) is 45.1 Å². The van der Waals surface area contributed by atoms with Gasteiger partial charge in [0.1, 0.15) is 5.60 Å². The molecule has 1 N–H and O–H groups in total. The quantitative estimate of drug-likeness (QED) is 0.585. The highest BCUT2D eigenvalue weighted by Crippen LogP contribution is 2.26. The predicted octanol–water partition coefficient (Wildman–Crippen LogP) is 4.73.